The number of carbonyl (C=O) groups excluding carboxylic acids is 2. The predicted molar refractivity (Wildman–Crippen MR) is 90.0 cm³/mol. The molecule has 8 heteroatoms. The monoisotopic (exact) mass is 347 g/mol. The summed E-state index contributed by atoms with van der Waals surface area (Å²) in [4.78, 5) is 41.3. The molecule has 0 aliphatic heterocycles. The molecule has 0 unspecified atom stereocenters. The number of methoxy groups -OCH3 is 1. The molecule has 0 radical (unpaired) electrons. The van der Waals surface area contributed by atoms with Crippen LogP contribution in [0.2, 0.25) is 0 Å². The fourth-order valence-electron chi connectivity index (χ4n) is 1.90. The van der Waals surface area contributed by atoms with Gasteiger partial charge in [-0.15, -0.1) is 0 Å². The third-order valence-electron chi connectivity index (χ3n) is 3.14. The standard InChI is InChI=1S/C16H17N3O4S/c1-17-13(20)7-12-8-14(21)19-16(18-12)24-9-10-3-5-11(6-4-10)15(22)23-2/h3-6,8H,7,9H2,1-2H3,(H,17,20)(H,18,19,21). The number of aromatic amines is 1. The second-order valence-corrected chi connectivity index (χ2v) is 5.83. The van der Waals surface area contributed by atoms with E-state index in [2.05, 4.69) is 20.0 Å². The van der Waals surface area contributed by atoms with Crippen molar-refractivity contribution in [2.75, 3.05) is 14.2 Å². The SMILES string of the molecule is CNC(=O)Cc1cc(=O)[nH]c(SCc2ccc(C(=O)OC)cc2)n1. The molecule has 2 aromatic rings. The van der Waals surface area contributed by atoms with Gasteiger partial charge >= 0.3 is 5.97 Å². The van der Waals surface area contributed by atoms with Gasteiger partial charge in [-0.1, -0.05) is 23.9 Å². The third kappa shape index (κ3) is 4.95. The Labute approximate surface area is 142 Å². The van der Waals surface area contributed by atoms with Crippen molar-refractivity contribution in [3.05, 3.63) is 57.5 Å². The summed E-state index contributed by atoms with van der Waals surface area (Å²) in [5, 5.41) is 2.94. The van der Waals surface area contributed by atoms with Crippen LogP contribution in [0.1, 0.15) is 21.6 Å². The van der Waals surface area contributed by atoms with E-state index in [9.17, 15) is 14.4 Å². The van der Waals surface area contributed by atoms with E-state index >= 15 is 0 Å². The predicted octanol–water partition coefficient (Wildman–Crippen LogP) is 1.14. The minimum atomic E-state index is -0.387. The van der Waals surface area contributed by atoms with Crippen LogP contribution in [0.15, 0.2) is 40.3 Å². The van der Waals surface area contributed by atoms with E-state index in [0.717, 1.165) is 5.56 Å². The first-order valence-corrected chi connectivity index (χ1v) is 8.11. The molecule has 1 amide bonds. The number of amides is 1. The highest BCUT2D eigenvalue weighted by molar-refractivity contribution is 7.98. The summed E-state index contributed by atoms with van der Waals surface area (Å²) in [5.41, 5.74) is 1.56. The van der Waals surface area contributed by atoms with Crippen molar-refractivity contribution in [2.24, 2.45) is 0 Å². The smallest absolute Gasteiger partial charge is 0.337 e. The number of nitrogens with one attached hydrogen (secondary N) is 2. The fourth-order valence-corrected chi connectivity index (χ4v) is 2.75. The van der Waals surface area contributed by atoms with Gasteiger partial charge in [-0.2, -0.15) is 0 Å². The largest absolute Gasteiger partial charge is 0.465 e. The van der Waals surface area contributed by atoms with Gasteiger partial charge in [0.05, 0.1) is 24.8 Å². The number of likely N-dealkylation sites (N-methyl/N-ethyl adjacent to an activating group) is 1. The number of benzene rings is 1. The summed E-state index contributed by atoms with van der Waals surface area (Å²) < 4.78 is 4.65. The molecule has 0 saturated heterocycles. The fraction of sp³-hybridized carbons (Fsp3) is 0.250. The van der Waals surface area contributed by atoms with Gasteiger partial charge in [-0.3, -0.25) is 9.59 Å². The van der Waals surface area contributed by atoms with Crippen molar-refractivity contribution >= 4 is 23.6 Å². The Hall–Kier alpha value is -2.61. The summed E-state index contributed by atoms with van der Waals surface area (Å²) in [7, 11) is 2.86. The van der Waals surface area contributed by atoms with E-state index in [1.165, 1.54) is 32.0 Å². The highest BCUT2D eigenvalue weighted by Crippen LogP contribution is 2.19. The molecule has 0 fully saturated rings. The molecule has 0 aliphatic carbocycles. The van der Waals surface area contributed by atoms with Gasteiger partial charge in [-0.05, 0) is 17.7 Å². The van der Waals surface area contributed by atoms with Crippen LogP contribution in [-0.4, -0.2) is 36.0 Å². The molecule has 7 nitrogen and oxygen atoms in total. The molecule has 1 aromatic carbocycles. The number of hydrogen-bond donors (Lipinski definition) is 2. The van der Waals surface area contributed by atoms with E-state index in [4.69, 9.17) is 0 Å². The van der Waals surface area contributed by atoms with Gasteiger partial charge in [0.15, 0.2) is 5.16 Å². The summed E-state index contributed by atoms with van der Waals surface area (Å²) in [6.07, 6.45) is 0.0573. The molecule has 0 saturated carbocycles. The molecule has 0 atom stereocenters. The maximum atomic E-state index is 11.7. The summed E-state index contributed by atoms with van der Waals surface area (Å²) in [6, 6.07) is 8.29. The summed E-state index contributed by atoms with van der Waals surface area (Å²) in [5.74, 6) is -0.0297. The van der Waals surface area contributed by atoms with Crippen molar-refractivity contribution in [3.63, 3.8) is 0 Å². The lowest BCUT2D eigenvalue weighted by Crippen LogP contribution is -2.22. The molecule has 2 N–H and O–H groups in total. The zero-order valence-electron chi connectivity index (χ0n) is 13.3. The molecule has 24 heavy (non-hydrogen) atoms. The van der Waals surface area contributed by atoms with Crippen molar-refractivity contribution < 1.29 is 14.3 Å². The maximum Gasteiger partial charge on any atom is 0.337 e. The number of carbonyl (C=O) groups is 2. The summed E-state index contributed by atoms with van der Waals surface area (Å²) >= 11 is 1.34. The van der Waals surface area contributed by atoms with E-state index in [1.54, 1.807) is 12.1 Å². The third-order valence-corrected chi connectivity index (χ3v) is 4.09. The minimum Gasteiger partial charge on any atom is -0.465 e. The van der Waals surface area contributed by atoms with Gasteiger partial charge in [0, 0.05) is 18.9 Å². The lowest BCUT2D eigenvalue weighted by Gasteiger charge is -2.05. The van der Waals surface area contributed by atoms with Crippen LogP contribution in [0.25, 0.3) is 0 Å². The first-order valence-electron chi connectivity index (χ1n) is 7.12. The van der Waals surface area contributed by atoms with Crippen LogP contribution in [0.4, 0.5) is 0 Å². The average Bonchev–Trinajstić information content (AvgIpc) is 2.59. The van der Waals surface area contributed by atoms with E-state index in [1.807, 2.05) is 12.1 Å². The van der Waals surface area contributed by atoms with Gasteiger partial charge in [0.1, 0.15) is 0 Å². The molecular formula is C16H17N3O4S. The van der Waals surface area contributed by atoms with Gasteiger partial charge < -0.3 is 15.0 Å². The zero-order valence-corrected chi connectivity index (χ0v) is 14.1. The first kappa shape index (κ1) is 17.7. The number of rotatable bonds is 6. The zero-order chi connectivity index (χ0) is 17.5. The normalized spacial score (nSPS) is 10.2. The van der Waals surface area contributed by atoms with Crippen LogP contribution < -0.4 is 10.9 Å². The molecule has 126 valence electrons. The Morgan fingerprint density at radius 2 is 2.00 bits per heavy atom. The Morgan fingerprint density at radius 3 is 2.62 bits per heavy atom. The van der Waals surface area contributed by atoms with Crippen molar-refractivity contribution in [3.8, 4) is 0 Å². The lowest BCUT2D eigenvalue weighted by atomic mass is 10.1. The number of thioether (sulfide) groups is 1. The number of ether oxygens (including phenoxy) is 1. The van der Waals surface area contributed by atoms with Gasteiger partial charge in [0.25, 0.3) is 5.56 Å². The Kier molecular flexibility index (Phi) is 6.14. The van der Waals surface area contributed by atoms with E-state index in [-0.39, 0.29) is 23.9 Å². The number of hydrogen-bond acceptors (Lipinski definition) is 6. The lowest BCUT2D eigenvalue weighted by molar-refractivity contribution is -0.120. The van der Waals surface area contributed by atoms with Crippen LogP contribution in [0.5, 0.6) is 0 Å². The molecule has 2 rings (SSSR count). The van der Waals surface area contributed by atoms with Crippen molar-refractivity contribution in [1.29, 1.82) is 0 Å². The van der Waals surface area contributed by atoms with E-state index < -0.39 is 0 Å². The molecule has 1 heterocycles. The molecule has 0 bridgehead atoms. The molecule has 0 spiro atoms. The van der Waals surface area contributed by atoms with E-state index in [0.29, 0.717) is 22.2 Å². The minimum absolute atomic E-state index is 0.0573. The van der Waals surface area contributed by atoms with Crippen LogP contribution >= 0.6 is 11.8 Å². The number of aromatic nitrogens is 2. The topological polar surface area (TPSA) is 101 Å². The van der Waals surface area contributed by atoms with Crippen LogP contribution in [-0.2, 0) is 21.7 Å². The Balaban J connectivity index is 2.04. The van der Waals surface area contributed by atoms with Crippen LogP contribution in [0, 0.1) is 0 Å². The quantitative estimate of drug-likeness (QED) is 0.462. The number of esters is 1. The van der Waals surface area contributed by atoms with Crippen molar-refractivity contribution in [1.82, 2.24) is 15.3 Å². The molecule has 0 aliphatic rings. The second-order valence-electron chi connectivity index (χ2n) is 4.87. The Morgan fingerprint density at radius 1 is 1.29 bits per heavy atom. The first-order chi connectivity index (χ1) is 11.5. The highest BCUT2D eigenvalue weighted by atomic mass is 32.2. The molecular weight excluding hydrogens is 330 g/mol. The maximum absolute atomic E-state index is 11.7. The van der Waals surface area contributed by atoms with Gasteiger partial charge in [0.2, 0.25) is 5.91 Å². The highest BCUT2D eigenvalue weighted by Gasteiger charge is 2.08. The second kappa shape index (κ2) is 8.30. The van der Waals surface area contributed by atoms with Crippen LogP contribution in [0.3, 0.4) is 0 Å². The van der Waals surface area contributed by atoms with Gasteiger partial charge in [-0.25, -0.2) is 9.78 Å². The number of H-pyrrole nitrogens is 1. The Bertz CT molecular complexity index is 787. The van der Waals surface area contributed by atoms with Crippen molar-refractivity contribution in [2.45, 2.75) is 17.3 Å². The average molecular weight is 347 g/mol. The molecule has 1 aromatic heterocycles. The number of nitrogens with zero attached hydrogens (tertiary/aromatic N) is 1. The summed E-state index contributed by atoms with van der Waals surface area (Å²) in [6.45, 7) is 0.